The van der Waals surface area contributed by atoms with Gasteiger partial charge in [-0.15, -0.1) is 0 Å². The van der Waals surface area contributed by atoms with E-state index in [0.717, 1.165) is 12.5 Å². The molecule has 0 unspecified atom stereocenters. The summed E-state index contributed by atoms with van der Waals surface area (Å²) < 4.78 is 4.42. The average Bonchev–Trinajstić information content (AvgIpc) is 2.58. The molecule has 1 heterocycles. The lowest BCUT2D eigenvalue weighted by atomic mass is 10.4. The van der Waals surface area contributed by atoms with Crippen molar-refractivity contribution in [1.29, 1.82) is 0 Å². The minimum Gasteiger partial charge on any atom is -0.466 e. The molecule has 1 amide bonds. The van der Waals surface area contributed by atoms with E-state index in [1.165, 1.54) is 19.1 Å². The predicted octanol–water partition coefficient (Wildman–Crippen LogP) is -0.143. The van der Waals surface area contributed by atoms with E-state index >= 15 is 0 Å². The number of nitrogens with zero attached hydrogens (tertiary/aromatic N) is 3. The molecule has 7 nitrogen and oxygen atoms in total. The fraction of sp³-hybridized carbons (Fsp3) is 0.400. The number of esters is 1. The molecule has 0 bridgehead atoms. The molecular formula is C10H14N4O3. The number of nitrogens with one attached hydrogen (secondary N) is 1. The van der Waals surface area contributed by atoms with Crippen LogP contribution in [0.1, 0.15) is 13.3 Å². The first-order valence-corrected chi connectivity index (χ1v) is 5.04. The van der Waals surface area contributed by atoms with Crippen molar-refractivity contribution in [2.45, 2.75) is 13.3 Å². The lowest BCUT2D eigenvalue weighted by molar-refractivity contribution is -0.135. The number of methoxy groups -OCH3 is 1. The summed E-state index contributed by atoms with van der Waals surface area (Å²) in [5.74, 6) is -0.733. The molecule has 1 aliphatic heterocycles. The molecular weight excluding hydrogens is 224 g/mol. The van der Waals surface area contributed by atoms with E-state index in [0.29, 0.717) is 0 Å². The van der Waals surface area contributed by atoms with E-state index in [1.54, 1.807) is 6.21 Å². The number of guanidine groups is 1. The Balaban J connectivity index is 2.82. The fourth-order valence-corrected chi connectivity index (χ4v) is 1.06. The van der Waals surface area contributed by atoms with E-state index in [2.05, 4.69) is 20.3 Å². The van der Waals surface area contributed by atoms with Crippen molar-refractivity contribution in [3.05, 3.63) is 11.8 Å². The van der Waals surface area contributed by atoms with Crippen molar-refractivity contribution in [3.63, 3.8) is 0 Å². The molecule has 92 valence electrons. The zero-order valence-electron chi connectivity index (χ0n) is 9.93. The number of hydrazone groups is 1. The van der Waals surface area contributed by atoms with Gasteiger partial charge in [0, 0.05) is 13.3 Å². The number of amides is 1. The van der Waals surface area contributed by atoms with Crippen LogP contribution in [-0.4, -0.2) is 43.1 Å². The maximum Gasteiger partial charge on any atom is 0.332 e. The largest absolute Gasteiger partial charge is 0.466 e. The lowest BCUT2D eigenvalue weighted by Crippen LogP contribution is -2.35. The molecule has 0 aliphatic carbocycles. The number of carbonyl (C=O) groups is 2. The van der Waals surface area contributed by atoms with Crippen molar-refractivity contribution in [3.8, 4) is 0 Å². The van der Waals surface area contributed by atoms with Crippen LogP contribution in [0.15, 0.2) is 21.9 Å². The Morgan fingerprint density at radius 2 is 2.35 bits per heavy atom. The molecule has 0 aromatic rings. The smallest absolute Gasteiger partial charge is 0.332 e. The first-order chi connectivity index (χ1) is 8.10. The fourth-order valence-electron chi connectivity index (χ4n) is 1.06. The molecule has 1 rings (SSSR count). The summed E-state index contributed by atoms with van der Waals surface area (Å²) in [6.45, 7) is 1.93. The molecule has 0 saturated carbocycles. The van der Waals surface area contributed by atoms with Crippen LogP contribution >= 0.6 is 0 Å². The summed E-state index contributed by atoms with van der Waals surface area (Å²) in [6, 6.07) is 0. The van der Waals surface area contributed by atoms with Gasteiger partial charge >= 0.3 is 5.97 Å². The first-order valence-electron chi connectivity index (χ1n) is 5.04. The van der Waals surface area contributed by atoms with Gasteiger partial charge < -0.3 is 4.74 Å². The molecule has 7 heteroatoms. The summed E-state index contributed by atoms with van der Waals surface area (Å²) in [6.07, 6.45) is 3.45. The number of hydrogen-bond donors (Lipinski definition) is 1. The Kier molecular flexibility index (Phi) is 4.38. The third-order valence-electron chi connectivity index (χ3n) is 1.96. The zero-order valence-corrected chi connectivity index (χ0v) is 9.93. The van der Waals surface area contributed by atoms with Gasteiger partial charge in [-0.2, -0.15) is 5.10 Å². The molecule has 1 N–H and O–H groups in total. The number of aliphatic imine (C=N–C) groups is 1. The Morgan fingerprint density at radius 3 is 2.94 bits per heavy atom. The molecule has 0 aromatic carbocycles. The normalized spacial score (nSPS) is 17.8. The third kappa shape index (κ3) is 3.13. The summed E-state index contributed by atoms with van der Waals surface area (Å²) >= 11 is 0. The highest BCUT2D eigenvalue weighted by Gasteiger charge is 2.27. The Hall–Kier alpha value is -2.18. The molecule has 0 aromatic heterocycles. The van der Waals surface area contributed by atoms with Crippen LogP contribution in [0.3, 0.4) is 0 Å². The summed E-state index contributed by atoms with van der Waals surface area (Å²) in [5.41, 5.74) is 2.64. The Bertz CT molecular complexity index is 412. The second-order valence-corrected chi connectivity index (χ2v) is 3.18. The Morgan fingerprint density at radius 1 is 1.65 bits per heavy atom. The number of ether oxygens (including phenoxy) is 1. The van der Waals surface area contributed by atoms with Gasteiger partial charge in [-0.3, -0.25) is 9.69 Å². The van der Waals surface area contributed by atoms with Crippen molar-refractivity contribution in [1.82, 2.24) is 10.3 Å². The van der Waals surface area contributed by atoms with Crippen LogP contribution in [-0.2, 0) is 14.3 Å². The van der Waals surface area contributed by atoms with Crippen LogP contribution in [0.2, 0.25) is 0 Å². The van der Waals surface area contributed by atoms with Gasteiger partial charge in [-0.1, -0.05) is 6.92 Å². The zero-order chi connectivity index (χ0) is 12.8. The maximum absolute atomic E-state index is 11.6. The van der Waals surface area contributed by atoms with Crippen LogP contribution in [0.5, 0.6) is 0 Å². The van der Waals surface area contributed by atoms with E-state index < -0.39 is 5.97 Å². The van der Waals surface area contributed by atoms with Gasteiger partial charge in [0.05, 0.1) is 13.2 Å². The van der Waals surface area contributed by atoms with Gasteiger partial charge in [-0.25, -0.2) is 15.2 Å². The van der Waals surface area contributed by atoms with Gasteiger partial charge in [0.25, 0.3) is 5.91 Å². The molecule has 0 radical (unpaired) electrons. The molecule has 0 atom stereocenters. The molecule has 0 saturated heterocycles. The van der Waals surface area contributed by atoms with Gasteiger partial charge in [0.1, 0.15) is 5.70 Å². The van der Waals surface area contributed by atoms with Crippen LogP contribution in [0.25, 0.3) is 0 Å². The van der Waals surface area contributed by atoms with Crippen molar-refractivity contribution < 1.29 is 14.3 Å². The van der Waals surface area contributed by atoms with Gasteiger partial charge in [0.15, 0.2) is 0 Å². The van der Waals surface area contributed by atoms with Crippen molar-refractivity contribution >= 4 is 24.1 Å². The second kappa shape index (κ2) is 5.78. The molecule has 1 aliphatic rings. The monoisotopic (exact) mass is 238 g/mol. The maximum atomic E-state index is 11.6. The van der Waals surface area contributed by atoms with Crippen LogP contribution < -0.4 is 5.43 Å². The number of carbonyl (C=O) groups excluding carboxylic acids is 2. The lowest BCUT2D eigenvalue weighted by Gasteiger charge is -2.09. The summed E-state index contributed by atoms with van der Waals surface area (Å²) in [7, 11) is 2.77. The second-order valence-electron chi connectivity index (χ2n) is 3.18. The topological polar surface area (TPSA) is 83.4 Å². The van der Waals surface area contributed by atoms with E-state index in [1.807, 2.05) is 6.92 Å². The Labute approximate surface area is 98.8 Å². The van der Waals surface area contributed by atoms with E-state index in [4.69, 9.17) is 0 Å². The van der Waals surface area contributed by atoms with Crippen molar-refractivity contribution in [2.75, 3.05) is 14.2 Å². The predicted molar refractivity (Wildman–Crippen MR) is 62.2 cm³/mol. The molecule has 0 fully saturated rings. The van der Waals surface area contributed by atoms with Gasteiger partial charge in [0.2, 0.25) is 5.96 Å². The van der Waals surface area contributed by atoms with E-state index in [-0.39, 0.29) is 17.6 Å². The van der Waals surface area contributed by atoms with Crippen LogP contribution in [0.4, 0.5) is 0 Å². The van der Waals surface area contributed by atoms with Crippen LogP contribution in [0, 0.1) is 0 Å². The summed E-state index contributed by atoms with van der Waals surface area (Å²) in [4.78, 5) is 27.8. The van der Waals surface area contributed by atoms with E-state index in [9.17, 15) is 9.59 Å². The molecule has 17 heavy (non-hydrogen) atoms. The number of rotatable bonds is 3. The standard InChI is InChI=1S/C10H14N4O3/c1-4-5-11-13-10-12-7(6-8(15)17-3)9(16)14(10)2/h5-6H,4H2,1-3H3,(H,12,13)/b7-6+,11-5+. The third-order valence-corrected chi connectivity index (χ3v) is 1.96. The highest BCUT2D eigenvalue weighted by atomic mass is 16.5. The first kappa shape index (κ1) is 12.9. The van der Waals surface area contributed by atoms with Gasteiger partial charge in [-0.05, 0) is 6.42 Å². The quantitative estimate of drug-likeness (QED) is 0.321. The van der Waals surface area contributed by atoms with Crippen molar-refractivity contribution in [2.24, 2.45) is 10.1 Å². The highest BCUT2D eigenvalue weighted by Crippen LogP contribution is 2.11. The minimum absolute atomic E-state index is 0.0218. The molecule has 0 spiro atoms. The minimum atomic E-state index is -0.621. The summed E-state index contributed by atoms with van der Waals surface area (Å²) in [5, 5.41) is 3.85. The highest BCUT2D eigenvalue weighted by molar-refractivity contribution is 6.13. The SMILES string of the molecule is CC/C=N/NC1=N/C(=C/C(=O)OC)C(=O)N1C. The number of likely N-dealkylation sites (N-methyl/N-ethyl adjacent to an activating group) is 1. The average molecular weight is 238 g/mol. The number of hydrogen-bond acceptors (Lipinski definition) is 6.